The second-order valence-electron chi connectivity index (χ2n) is 3.98. The molecule has 92 valence electrons. The van der Waals surface area contributed by atoms with Crippen molar-refractivity contribution in [3.05, 3.63) is 59.4 Å². The van der Waals surface area contributed by atoms with Crippen LogP contribution in [0.2, 0.25) is 0 Å². The van der Waals surface area contributed by atoms with Gasteiger partial charge >= 0.3 is 5.97 Å². The van der Waals surface area contributed by atoms with E-state index in [-0.39, 0.29) is 11.3 Å². The molecule has 0 atom stereocenters. The van der Waals surface area contributed by atoms with Crippen molar-refractivity contribution in [2.45, 2.75) is 12.8 Å². The van der Waals surface area contributed by atoms with Gasteiger partial charge in [-0.3, -0.25) is 4.98 Å². The Kier molecular flexibility index (Phi) is 3.57. The van der Waals surface area contributed by atoms with Crippen LogP contribution in [0.3, 0.4) is 0 Å². The van der Waals surface area contributed by atoms with Gasteiger partial charge in [0.05, 0.1) is 6.20 Å². The highest BCUT2D eigenvalue weighted by Gasteiger charge is 2.10. The second kappa shape index (κ2) is 5.31. The van der Waals surface area contributed by atoms with E-state index in [2.05, 4.69) is 4.98 Å². The molecule has 0 aliphatic heterocycles. The van der Waals surface area contributed by atoms with E-state index in [1.54, 1.807) is 0 Å². The monoisotopic (exact) mass is 243 g/mol. The first-order valence-corrected chi connectivity index (χ1v) is 5.62. The number of hydrogen-bond donors (Lipinski definition) is 2. The van der Waals surface area contributed by atoms with Crippen LogP contribution >= 0.6 is 0 Å². The van der Waals surface area contributed by atoms with Crippen molar-refractivity contribution in [1.29, 1.82) is 0 Å². The van der Waals surface area contributed by atoms with Crippen molar-refractivity contribution in [3.63, 3.8) is 0 Å². The van der Waals surface area contributed by atoms with Gasteiger partial charge in [-0.1, -0.05) is 30.3 Å². The highest BCUT2D eigenvalue weighted by atomic mass is 16.4. The van der Waals surface area contributed by atoms with Gasteiger partial charge in [0.15, 0.2) is 0 Å². The number of benzene rings is 1. The standard InChI is InChI=1S/C14H13NO3/c16-13-9-15-11(8-12(13)14(17)18)7-6-10-4-2-1-3-5-10/h1-5,8-9,16H,6-7H2,(H,17,18). The van der Waals surface area contributed by atoms with Crippen molar-refractivity contribution in [2.24, 2.45) is 0 Å². The molecule has 4 heteroatoms. The lowest BCUT2D eigenvalue weighted by molar-refractivity contribution is 0.0693. The molecule has 2 aromatic rings. The summed E-state index contributed by atoms with van der Waals surface area (Å²) in [5.41, 5.74) is 1.73. The van der Waals surface area contributed by atoms with Crippen LogP contribution in [0.25, 0.3) is 0 Å². The van der Waals surface area contributed by atoms with E-state index in [4.69, 9.17) is 5.11 Å². The van der Waals surface area contributed by atoms with E-state index in [0.29, 0.717) is 12.1 Å². The Morgan fingerprint density at radius 1 is 1.17 bits per heavy atom. The minimum Gasteiger partial charge on any atom is -0.505 e. The van der Waals surface area contributed by atoms with E-state index in [1.807, 2.05) is 30.3 Å². The molecule has 0 spiro atoms. The zero-order valence-corrected chi connectivity index (χ0v) is 9.71. The largest absolute Gasteiger partial charge is 0.505 e. The first-order valence-electron chi connectivity index (χ1n) is 5.62. The number of aromatic nitrogens is 1. The number of aromatic hydroxyl groups is 1. The predicted octanol–water partition coefficient (Wildman–Crippen LogP) is 2.27. The van der Waals surface area contributed by atoms with Gasteiger partial charge in [-0.25, -0.2) is 4.79 Å². The molecule has 0 bridgehead atoms. The summed E-state index contributed by atoms with van der Waals surface area (Å²) >= 11 is 0. The van der Waals surface area contributed by atoms with Crippen LogP contribution in [0.5, 0.6) is 5.75 Å². The number of aryl methyl sites for hydroxylation is 2. The maximum Gasteiger partial charge on any atom is 0.339 e. The van der Waals surface area contributed by atoms with Gasteiger partial charge < -0.3 is 10.2 Å². The quantitative estimate of drug-likeness (QED) is 0.864. The number of aromatic carboxylic acids is 1. The fourth-order valence-electron chi connectivity index (χ4n) is 1.72. The van der Waals surface area contributed by atoms with Crippen LogP contribution < -0.4 is 0 Å². The van der Waals surface area contributed by atoms with Crippen molar-refractivity contribution >= 4 is 5.97 Å². The maximum atomic E-state index is 10.9. The number of hydrogen-bond acceptors (Lipinski definition) is 3. The minimum atomic E-state index is -1.14. The zero-order chi connectivity index (χ0) is 13.0. The smallest absolute Gasteiger partial charge is 0.339 e. The minimum absolute atomic E-state index is 0.104. The molecule has 1 aromatic carbocycles. The number of rotatable bonds is 4. The fourth-order valence-corrected chi connectivity index (χ4v) is 1.72. The lowest BCUT2D eigenvalue weighted by atomic mass is 10.1. The average molecular weight is 243 g/mol. The SMILES string of the molecule is O=C(O)c1cc(CCc2ccccc2)ncc1O. The van der Waals surface area contributed by atoms with Crippen LogP contribution in [0.15, 0.2) is 42.6 Å². The number of carboxylic acid groups (broad SMARTS) is 1. The second-order valence-corrected chi connectivity index (χ2v) is 3.98. The number of carbonyl (C=O) groups is 1. The summed E-state index contributed by atoms with van der Waals surface area (Å²) in [6, 6.07) is 11.3. The van der Waals surface area contributed by atoms with Crippen LogP contribution in [0.1, 0.15) is 21.6 Å². The summed E-state index contributed by atoms with van der Waals surface area (Å²) in [6.45, 7) is 0. The van der Waals surface area contributed by atoms with Gasteiger partial charge in [0.2, 0.25) is 0 Å². The molecular formula is C14H13NO3. The van der Waals surface area contributed by atoms with E-state index < -0.39 is 5.97 Å². The van der Waals surface area contributed by atoms with E-state index in [1.165, 1.54) is 17.8 Å². The van der Waals surface area contributed by atoms with E-state index >= 15 is 0 Å². The highest BCUT2D eigenvalue weighted by Crippen LogP contribution is 2.17. The average Bonchev–Trinajstić information content (AvgIpc) is 2.38. The summed E-state index contributed by atoms with van der Waals surface area (Å²) in [4.78, 5) is 14.9. The normalized spacial score (nSPS) is 10.2. The third-order valence-electron chi connectivity index (χ3n) is 2.68. The molecule has 0 aliphatic carbocycles. The summed E-state index contributed by atoms with van der Waals surface area (Å²) in [6.07, 6.45) is 2.62. The highest BCUT2D eigenvalue weighted by molar-refractivity contribution is 5.90. The third-order valence-corrected chi connectivity index (χ3v) is 2.68. The van der Waals surface area contributed by atoms with Crippen LogP contribution in [-0.4, -0.2) is 21.2 Å². The summed E-state index contributed by atoms with van der Waals surface area (Å²) in [5.74, 6) is -1.44. The number of carboxylic acids is 1. The summed E-state index contributed by atoms with van der Waals surface area (Å²) < 4.78 is 0. The van der Waals surface area contributed by atoms with Crippen molar-refractivity contribution in [1.82, 2.24) is 4.98 Å². The van der Waals surface area contributed by atoms with Crippen molar-refractivity contribution in [3.8, 4) is 5.75 Å². The molecule has 0 unspecified atom stereocenters. The molecule has 0 radical (unpaired) electrons. The van der Waals surface area contributed by atoms with Crippen LogP contribution in [-0.2, 0) is 12.8 Å². The zero-order valence-electron chi connectivity index (χ0n) is 9.71. The van der Waals surface area contributed by atoms with Crippen molar-refractivity contribution in [2.75, 3.05) is 0 Å². The summed E-state index contributed by atoms with van der Waals surface area (Å²) in [7, 11) is 0. The molecule has 0 saturated heterocycles. The molecular weight excluding hydrogens is 230 g/mol. The Hall–Kier alpha value is -2.36. The Bertz CT molecular complexity index is 552. The molecule has 4 nitrogen and oxygen atoms in total. The molecule has 0 aliphatic rings. The van der Waals surface area contributed by atoms with Crippen LogP contribution in [0, 0.1) is 0 Å². The van der Waals surface area contributed by atoms with Gasteiger partial charge in [0, 0.05) is 5.69 Å². The number of pyridine rings is 1. The first-order chi connectivity index (χ1) is 8.66. The van der Waals surface area contributed by atoms with Crippen LogP contribution in [0.4, 0.5) is 0 Å². The lowest BCUT2D eigenvalue weighted by Gasteiger charge is -2.04. The molecule has 18 heavy (non-hydrogen) atoms. The predicted molar refractivity (Wildman–Crippen MR) is 66.7 cm³/mol. The molecule has 0 saturated carbocycles. The van der Waals surface area contributed by atoms with Crippen molar-refractivity contribution < 1.29 is 15.0 Å². The third kappa shape index (κ3) is 2.85. The molecule has 1 aromatic heterocycles. The Morgan fingerprint density at radius 3 is 2.56 bits per heavy atom. The summed E-state index contributed by atoms with van der Waals surface area (Å²) in [5, 5.41) is 18.2. The van der Waals surface area contributed by atoms with Gasteiger partial charge in [-0.2, -0.15) is 0 Å². The lowest BCUT2D eigenvalue weighted by Crippen LogP contribution is -2.01. The van der Waals surface area contributed by atoms with E-state index in [0.717, 1.165) is 6.42 Å². The number of nitrogens with zero attached hydrogens (tertiary/aromatic N) is 1. The molecule has 0 fully saturated rings. The Labute approximate surface area is 105 Å². The maximum absolute atomic E-state index is 10.9. The fraction of sp³-hybridized carbons (Fsp3) is 0.143. The van der Waals surface area contributed by atoms with Gasteiger partial charge in [0.25, 0.3) is 0 Å². The first kappa shape index (κ1) is 12.1. The van der Waals surface area contributed by atoms with Gasteiger partial charge in [-0.05, 0) is 24.5 Å². The molecule has 0 amide bonds. The molecule has 1 heterocycles. The molecule has 2 rings (SSSR count). The van der Waals surface area contributed by atoms with Gasteiger partial charge in [0.1, 0.15) is 11.3 Å². The Balaban J connectivity index is 2.11. The van der Waals surface area contributed by atoms with Gasteiger partial charge in [-0.15, -0.1) is 0 Å². The topological polar surface area (TPSA) is 70.4 Å². The Morgan fingerprint density at radius 2 is 1.89 bits per heavy atom. The van der Waals surface area contributed by atoms with E-state index in [9.17, 15) is 9.90 Å². The molecule has 2 N–H and O–H groups in total.